The van der Waals surface area contributed by atoms with E-state index in [0.717, 1.165) is 38.3 Å². The number of aromatic nitrogens is 1. The van der Waals surface area contributed by atoms with E-state index in [0.29, 0.717) is 5.92 Å². The van der Waals surface area contributed by atoms with Crippen molar-refractivity contribution in [2.45, 2.75) is 72.8 Å². The summed E-state index contributed by atoms with van der Waals surface area (Å²) in [7, 11) is 0. The SMILES string of the molecule is Cc1ccc(C(C)C)cc1N1CCc2nc(-c3c(C)cccc3C)cc(N3CCCCC3)c2C1. The predicted octanol–water partition coefficient (Wildman–Crippen LogP) is 7.35. The van der Waals surface area contributed by atoms with Gasteiger partial charge in [0.1, 0.15) is 0 Å². The van der Waals surface area contributed by atoms with Gasteiger partial charge in [0, 0.05) is 60.8 Å². The maximum atomic E-state index is 5.30. The smallest absolute Gasteiger partial charge is 0.0731 e. The minimum Gasteiger partial charge on any atom is -0.371 e. The number of anilines is 2. The Morgan fingerprint density at radius 2 is 1.50 bits per heavy atom. The monoisotopic (exact) mass is 453 g/mol. The van der Waals surface area contributed by atoms with Crippen LogP contribution in [0.4, 0.5) is 11.4 Å². The Balaban J connectivity index is 1.59. The zero-order chi connectivity index (χ0) is 23.8. The van der Waals surface area contributed by atoms with Crippen molar-refractivity contribution >= 4 is 11.4 Å². The third-order valence-corrected chi connectivity index (χ3v) is 7.83. The van der Waals surface area contributed by atoms with Crippen molar-refractivity contribution in [2.24, 2.45) is 0 Å². The van der Waals surface area contributed by atoms with E-state index in [-0.39, 0.29) is 0 Å². The van der Waals surface area contributed by atoms with E-state index in [1.165, 1.54) is 69.7 Å². The molecule has 1 fully saturated rings. The van der Waals surface area contributed by atoms with Crippen molar-refractivity contribution < 1.29 is 0 Å². The molecule has 5 rings (SSSR count). The molecular weight excluding hydrogens is 414 g/mol. The van der Waals surface area contributed by atoms with Crippen LogP contribution in [0.25, 0.3) is 11.3 Å². The van der Waals surface area contributed by atoms with Gasteiger partial charge in [-0.3, -0.25) is 4.98 Å². The average Bonchev–Trinajstić information content (AvgIpc) is 2.84. The van der Waals surface area contributed by atoms with Crippen LogP contribution in [-0.2, 0) is 13.0 Å². The van der Waals surface area contributed by atoms with Gasteiger partial charge in [-0.25, -0.2) is 0 Å². The molecule has 2 aliphatic rings. The lowest BCUT2D eigenvalue weighted by molar-refractivity contribution is 0.573. The highest BCUT2D eigenvalue weighted by Crippen LogP contribution is 2.38. The first-order valence-corrected chi connectivity index (χ1v) is 13.1. The molecule has 0 atom stereocenters. The number of piperidine rings is 1. The molecule has 3 aromatic rings. The van der Waals surface area contributed by atoms with Crippen LogP contribution in [0.2, 0.25) is 0 Å². The van der Waals surface area contributed by atoms with Gasteiger partial charge in [0.2, 0.25) is 0 Å². The molecule has 0 radical (unpaired) electrons. The van der Waals surface area contributed by atoms with Crippen LogP contribution in [0.15, 0.2) is 42.5 Å². The van der Waals surface area contributed by atoms with Crippen molar-refractivity contribution in [1.82, 2.24) is 4.98 Å². The number of nitrogens with zero attached hydrogens (tertiary/aromatic N) is 3. The fraction of sp³-hybridized carbons (Fsp3) is 0.452. The highest BCUT2D eigenvalue weighted by atomic mass is 15.2. The zero-order valence-electron chi connectivity index (χ0n) is 21.6. The van der Waals surface area contributed by atoms with Gasteiger partial charge in [-0.05, 0) is 80.3 Å². The predicted molar refractivity (Wildman–Crippen MR) is 145 cm³/mol. The topological polar surface area (TPSA) is 19.4 Å². The summed E-state index contributed by atoms with van der Waals surface area (Å²) in [5.41, 5.74) is 13.4. The molecule has 1 aromatic heterocycles. The molecule has 34 heavy (non-hydrogen) atoms. The highest BCUT2D eigenvalue weighted by molar-refractivity contribution is 5.74. The summed E-state index contributed by atoms with van der Waals surface area (Å²) >= 11 is 0. The number of hydrogen-bond acceptors (Lipinski definition) is 3. The summed E-state index contributed by atoms with van der Waals surface area (Å²) in [5, 5.41) is 0. The van der Waals surface area contributed by atoms with Gasteiger partial charge in [0.15, 0.2) is 0 Å². The van der Waals surface area contributed by atoms with Gasteiger partial charge in [0.25, 0.3) is 0 Å². The lowest BCUT2D eigenvalue weighted by Crippen LogP contribution is -2.36. The summed E-state index contributed by atoms with van der Waals surface area (Å²) in [4.78, 5) is 10.5. The third-order valence-electron chi connectivity index (χ3n) is 7.83. The van der Waals surface area contributed by atoms with Gasteiger partial charge < -0.3 is 9.80 Å². The van der Waals surface area contributed by atoms with E-state index in [1.54, 1.807) is 0 Å². The molecule has 2 aromatic carbocycles. The molecule has 3 heteroatoms. The Morgan fingerprint density at radius 1 is 0.765 bits per heavy atom. The maximum Gasteiger partial charge on any atom is 0.0731 e. The second-order valence-electron chi connectivity index (χ2n) is 10.6. The number of hydrogen-bond donors (Lipinski definition) is 0. The molecule has 0 aliphatic carbocycles. The van der Waals surface area contributed by atoms with E-state index in [4.69, 9.17) is 4.98 Å². The van der Waals surface area contributed by atoms with Gasteiger partial charge in [-0.15, -0.1) is 0 Å². The molecule has 0 saturated carbocycles. The summed E-state index contributed by atoms with van der Waals surface area (Å²) in [6.45, 7) is 15.5. The number of pyridine rings is 1. The largest absolute Gasteiger partial charge is 0.371 e. The van der Waals surface area contributed by atoms with Crippen molar-refractivity contribution in [3.05, 3.63) is 76.0 Å². The van der Waals surface area contributed by atoms with Crippen LogP contribution in [0.3, 0.4) is 0 Å². The van der Waals surface area contributed by atoms with E-state index in [2.05, 4.69) is 86.9 Å². The number of fused-ring (bicyclic) bond motifs is 1. The van der Waals surface area contributed by atoms with Crippen LogP contribution in [-0.4, -0.2) is 24.6 Å². The quantitative estimate of drug-likeness (QED) is 0.412. The first-order chi connectivity index (χ1) is 16.4. The highest BCUT2D eigenvalue weighted by Gasteiger charge is 2.26. The first kappa shape index (κ1) is 23.0. The summed E-state index contributed by atoms with van der Waals surface area (Å²) in [5.74, 6) is 0.543. The summed E-state index contributed by atoms with van der Waals surface area (Å²) < 4.78 is 0. The Bertz CT molecular complexity index is 1170. The van der Waals surface area contributed by atoms with Crippen molar-refractivity contribution in [3.8, 4) is 11.3 Å². The Hall–Kier alpha value is -2.81. The minimum absolute atomic E-state index is 0.543. The van der Waals surface area contributed by atoms with Crippen molar-refractivity contribution in [2.75, 3.05) is 29.4 Å². The Labute approximate surface area is 205 Å². The average molecular weight is 454 g/mol. The molecule has 0 amide bonds. The van der Waals surface area contributed by atoms with E-state index in [9.17, 15) is 0 Å². The summed E-state index contributed by atoms with van der Waals surface area (Å²) in [6.07, 6.45) is 4.92. The number of aryl methyl sites for hydroxylation is 3. The molecule has 3 nitrogen and oxygen atoms in total. The minimum atomic E-state index is 0.543. The maximum absolute atomic E-state index is 5.30. The van der Waals surface area contributed by atoms with Gasteiger partial charge in [-0.2, -0.15) is 0 Å². The lowest BCUT2D eigenvalue weighted by atomic mass is 9.94. The van der Waals surface area contributed by atoms with Crippen molar-refractivity contribution in [1.29, 1.82) is 0 Å². The van der Waals surface area contributed by atoms with Gasteiger partial charge in [-0.1, -0.05) is 44.2 Å². The zero-order valence-corrected chi connectivity index (χ0v) is 21.6. The van der Waals surface area contributed by atoms with Gasteiger partial charge >= 0.3 is 0 Å². The van der Waals surface area contributed by atoms with Crippen LogP contribution in [0.1, 0.15) is 72.5 Å². The Morgan fingerprint density at radius 3 is 2.21 bits per heavy atom. The molecule has 2 aliphatic heterocycles. The van der Waals surface area contributed by atoms with Crippen LogP contribution < -0.4 is 9.80 Å². The Kier molecular flexibility index (Phi) is 6.38. The van der Waals surface area contributed by atoms with Crippen molar-refractivity contribution in [3.63, 3.8) is 0 Å². The molecule has 0 N–H and O–H groups in total. The molecule has 178 valence electrons. The normalized spacial score (nSPS) is 16.2. The molecule has 0 unspecified atom stereocenters. The second-order valence-corrected chi connectivity index (χ2v) is 10.6. The van der Waals surface area contributed by atoms with Crippen LogP contribution in [0.5, 0.6) is 0 Å². The fourth-order valence-corrected chi connectivity index (χ4v) is 5.79. The van der Waals surface area contributed by atoms with Crippen LogP contribution in [0, 0.1) is 20.8 Å². The first-order valence-electron chi connectivity index (χ1n) is 13.1. The third kappa shape index (κ3) is 4.33. The summed E-state index contributed by atoms with van der Waals surface area (Å²) in [6, 6.07) is 16.0. The standard InChI is InChI=1S/C31H39N3/c1-21(2)25-13-12-22(3)29(18-25)34-17-14-27-26(20-34)30(33-15-7-6-8-16-33)19-28(32-27)31-23(4)10-9-11-24(31)5/h9-13,18-19,21H,6-8,14-17,20H2,1-5H3. The molecule has 0 bridgehead atoms. The van der Waals surface area contributed by atoms with Crippen LogP contribution >= 0.6 is 0 Å². The number of rotatable bonds is 4. The molecular formula is C31H39N3. The van der Waals surface area contributed by atoms with E-state index in [1.807, 2.05) is 0 Å². The van der Waals surface area contributed by atoms with E-state index < -0.39 is 0 Å². The molecule has 3 heterocycles. The van der Waals surface area contributed by atoms with E-state index >= 15 is 0 Å². The fourth-order valence-electron chi connectivity index (χ4n) is 5.79. The van der Waals surface area contributed by atoms with Gasteiger partial charge in [0.05, 0.1) is 5.69 Å². The second kappa shape index (κ2) is 9.44. The number of benzene rings is 2. The molecule has 1 saturated heterocycles. The molecule has 0 spiro atoms. The lowest BCUT2D eigenvalue weighted by Gasteiger charge is -2.37.